The average molecular weight is 577 g/mol. The van der Waals surface area contributed by atoms with Gasteiger partial charge in [-0.3, -0.25) is 23.9 Å². The maximum Gasteiger partial charge on any atom is 0.306 e. The van der Waals surface area contributed by atoms with Crippen LogP contribution < -0.4 is 0 Å². The number of allylic oxidation sites excluding steroid dienone is 3. The average Bonchev–Trinajstić information content (AvgIpc) is 3.18. The number of hydrogen-bond acceptors (Lipinski definition) is 10. The van der Waals surface area contributed by atoms with Crippen LogP contribution in [0.15, 0.2) is 36.0 Å². The Hall–Kier alpha value is -2.98. The predicted octanol–water partition coefficient (Wildman–Crippen LogP) is 4.56. The van der Waals surface area contributed by atoms with Crippen LogP contribution in [0.4, 0.5) is 0 Å². The van der Waals surface area contributed by atoms with Crippen LogP contribution in [-0.2, 0) is 47.6 Å². The number of hydrogen-bond donors (Lipinski definition) is 0. The van der Waals surface area contributed by atoms with E-state index in [1.165, 1.54) is 20.8 Å². The fourth-order valence-corrected chi connectivity index (χ4v) is 6.86. The molecule has 1 spiro atoms. The van der Waals surface area contributed by atoms with E-state index in [9.17, 15) is 19.2 Å². The molecule has 0 aromatic heterocycles. The minimum absolute atomic E-state index is 0.174. The van der Waals surface area contributed by atoms with E-state index >= 15 is 0 Å². The molecular formula is C31H44O10. The zero-order valence-corrected chi connectivity index (χ0v) is 25.4. The minimum Gasteiger partial charge on any atom is -0.458 e. The summed E-state index contributed by atoms with van der Waals surface area (Å²) in [5.41, 5.74) is -0.587. The Morgan fingerprint density at radius 2 is 1.68 bits per heavy atom. The van der Waals surface area contributed by atoms with Crippen LogP contribution in [0.3, 0.4) is 0 Å². The summed E-state index contributed by atoms with van der Waals surface area (Å²) in [7, 11) is 1.58. The SMILES string of the molecule is C=C/C(C)=C/C[C@@]1(C)[C@@H]2CC(OC)C=C3C(OC(C)=O)OC(OC(C)=O)[C@@]32C(OC(C)=O)C(OC(=O)CCC)[C@@H]1C. The van der Waals surface area contributed by atoms with E-state index in [2.05, 4.69) is 19.6 Å². The monoisotopic (exact) mass is 576 g/mol. The number of carbonyl (C=O) groups is 4. The quantitative estimate of drug-likeness (QED) is 0.158. The van der Waals surface area contributed by atoms with Crippen LogP contribution in [0.25, 0.3) is 0 Å². The smallest absolute Gasteiger partial charge is 0.306 e. The molecule has 0 bridgehead atoms. The van der Waals surface area contributed by atoms with Crippen LogP contribution in [0.2, 0.25) is 0 Å². The zero-order chi connectivity index (χ0) is 30.7. The summed E-state index contributed by atoms with van der Waals surface area (Å²) in [6, 6.07) is 0. The van der Waals surface area contributed by atoms with Crippen LogP contribution >= 0.6 is 0 Å². The van der Waals surface area contributed by atoms with Gasteiger partial charge in [0.2, 0.25) is 12.6 Å². The van der Waals surface area contributed by atoms with Crippen molar-refractivity contribution in [2.75, 3.05) is 7.11 Å². The third-order valence-corrected chi connectivity index (χ3v) is 8.95. The van der Waals surface area contributed by atoms with Crippen LogP contribution in [0.5, 0.6) is 0 Å². The van der Waals surface area contributed by atoms with Gasteiger partial charge in [-0.1, -0.05) is 45.1 Å². The second kappa shape index (κ2) is 12.9. The van der Waals surface area contributed by atoms with Crippen LogP contribution in [0, 0.1) is 22.7 Å². The molecule has 5 unspecified atom stereocenters. The molecule has 0 radical (unpaired) electrons. The highest BCUT2D eigenvalue weighted by atomic mass is 16.8. The number of carbonyl (C=O) groups excluding carboxylic acids is 4. The van der Waals surface area contributed by atoms with Gasteiger partial charge < -0.3 is 23.7 Å². The second-order valence-electron chi connectivity index (χ2n) is 11.5. The van der Waals surface area contributed by atoms with Gasteiger partial charge in [-0.15, -0.1) is 0 Å². The van der Waals surface area contributed by atoms with E-state index in [-0.39, 0.29) is 12.3 Å². The molecule has 0 amide bonds. The summed E-state index contributed by atoms with van der Waals surface area (Å²) in [5.74, 6) is -3.03. The fraction of sp³-hybridized carbons (Fsp3) is 0.677. The van der Waals surface area contributed by atoms with Crippen LogP contribution in [0.1, 0.15) is 74.1 Å². The van der Waals surface area contributed by atoms with E-state index in [0.717, 1.165) is 5.57 Å². The van der Waals surface area contributed by atoms with Crippen molar-refractivity contribution in [3.8, 4) is 0 Å². The molecule has 1 heterocycles. The molecule has 1 aliphatic heterocycles. The van der Waals surface area contributed by atoms with E-state index < -0.39 is 71.5 Å². The molecule has 10 nitrogen and oxygen atoms in total. The summed E-state index contributed by atoms with van der Waals surface area (Å²) in [5, 5.41) is 0. The lowest BCUT2D eigenvalue weighted by Gasteiger charge is -2.62. The third kappa shape index (κ3) is 6.14. The second-order valence-corrected chi connectivity index (χ2v) is 11.5. The lowest BCUT2D eigenvalue weighted by Crippen LogP contribution is -2.69. The van der Waals surface area contributed by atoms with Crippen molar-refractivity contribution < 1.29 is 47.6 Å². The molecule has 41 heavy (non-hydrogen) atoms. The first-order valence-electron chi connectivity index (χ1n) is 14.2. The molecule has 9 atom stereocenters. The number of ether oxygens (including phenoxy) is 6. The summed E-state index contributed by atoms with van der Waals surface area (Å²) < 4.78 is 35.6. The highest BCUT2D eigenvalue weighted by molar-refractivity contribution is 5.70. The summed E-state index contributed by atoms with van der Waals surface area (Å²) in [4.78, 5) is 50.4. The first-order chi connectivity index (χ1) is 19.3. The molecule has 1 saturated carbocycles. The lowest BCUT2D eigenvalue weighted by atomic mass is 9.44. The van der Waals surface area contributed by atoms with Crippen molar-refractivity contribution in [2.24, 2.45) is 22.7 Å². The maximum atomic E-state index is 13.0. The Labute approximate surface area is 242 Å². The van der Waals surface area contributed by atoms with E-state index in [4.69, 9.17) is 28.4 Å². The van der Waals surface area contributed by atoms with E-state index in [1.807, 2.05) is 20.8 Å². The van der Waals surface area contributed by atoms with E-state index in [1.54, 1.807) is 19.3 Å². The van der Waals surface area contributed by atoms with Crippen molar-refractivity contribution >= 4 is 23.9 Å². The largest absolute Gasteiger partial charge is 0.458 e. The topological polar surface area (TPSA) is 124 Å². The van der Waals surface area contributed by atoms with Gasteiger partial charge in [0.1, 0.15) is 11.5 Å². The summed E-state index contributed by atoms with van der Waals surface area (Å²) in [6.07, 6.45) is 2.31. The number of esters is 4. The fourth-order valence-electron chi connectivity index (χ4n) is 6.86. The van der Waals surface area contributed by atoms with Gasteiger partial charge in [0, 0.05) is 45.8 Å². The van der Waals surface area contributed by atoms with Crippen molar-refractivity contribution in [3.63, 3.8) is 0 Å². The Morgan fingerprint density at radius 1 is 1.05 bits per heavy atom. The van der Waals surface area contributed by atoms with Gasteiger partial charge in [0.05, 0.1) is 6.10 Å². The molecule has 228 valence electrons. The van der Waals surface area contributed by atoms with Gasteiger partial charge in [0.15, 0.2) is 6.10 Å². The molecule has 3 aliphatic rings. The van der Waals surface area contributed by atoms with E-state index in [0.29, 0.717) is 24.8 Å². The van der Waals surface area contributed by atoms with Crippen LogP contribution in [-0.4, -0.2) is 61.9 Å². The molecule has 2 fully saturated rings. The number of rotatable bonds is 10. The molecule has 10 heteroatoms. The van der Waals surface area contributed by atoms with Gasteiger partial charge >= 0.3 is 23.9 Å². The van der Waals surface area contributed by atoms with Gasteiger partial charge in [-0.25, -0.2) is 0 Å². The van der Waals surface area contributed by atoms with Crippen molar-refractivity contribution in [1.82, 2.24) is 0 Å². The molecule has 1 saturated heterocycles. The first-order valence-corrected chi connectivity index (χ1v) is 14.2. The van der Waals surface area contributed by atoms with Crippen molar-refractivity contribution in [1.29, 1.82) is 0 Å². The predicted molar refractivity (Wildman–Crippen MR) is 148 cm³/mol. The Kier molecular flexibility index (Phi) is 10.2. The molecule has 0 N–H and O–H groups in total. The molecule has 0 aromatic carbocycles. The standard InChI is InChI=1S/C31H44O10/c1-10-12-25(35)40-26-18(4)30(8,14-13-17(3)11-2)24-16-22(36-9)15-23-28(38-20(6)33)41-29(39-21(7)34)31(23,24)27(26)37-19(5)32/h11,13,15,18,22,24,26-29H,2,10,12,14,16H2,1,3-9H3/b17-13+/t18-,22?,24-,26?,27?,28?,29?,30+,31-/m0/s1. The normalized spacial score (nSPS) is 36.2. The third-order valence-electron chi connectivity index (χ3n) is 8.95. The molecular weight excluding hydrogens is 532 g/mol. The molecule has 3 rings (SSSR count). The Balaban J connectivity index is 2.41. The molecule has 0 aromatic rings. The van der Waals surface area contributed by atoms with Gasteiger partial charge in [-0.2, -0.15) is 0 Å². The van der Waals surface area contributed by atoms with Crippen molar-refractivity contribution in [3.05, 3.63) is 36.0 Å². The Morgan fingerprint density at radius 3 is 2.22 bits per heavy atom. The maximum absolute atomic E-state index is 13.0. The Bertz CT molecular complexity index is 1110. The highest BCUT2D eigenvalue weighted by Gasteiger charge is 2.75. The zero-order valence-electron chi connectivity index (χ0n) is 25.4. The number of methoxy groups -OCH3 is 1. The molecule has 2 aliphatic carbocycles. The minimum atomic E-state index is -1.36. The summed E-state index contributed by atoms with van der Waals surface area (Å²) >= 11 is 0. The van der Waals surface area contributed by atoms with Gasteiger partial charge in [0.25, 0.3) is 0 Å². The van der Waals surface area contributed by atoms with Gasteiger partial charge in [-0.05, 0) is 43.6 Å². The highest BCUT2D eigenvalue weighted by Crippen LogP contribution is 2.68. The first kappa shape index (κ1) is 32.5. The summed E-state index contributed by atoms with van der Waals surface area (Å²) in [6.45, 7) is 15.5. The lowest BCUT2D eigenvalue weighted by molar-refractivity contribution is -0.279. The van der Waals surface area contributed by atoms with Crippen molar-refractivity contribution in [2.45, 2.75) is 105 Å².